The van der Waals surface area contributed by atoms with Crippen LogP contribution in [0.4, 0.5) is 0 Å². The number of Topliss-reactive ketones (excluding diaryl/α,β-unsaturated/α-hetero) is 3. The topological polar surface area (TPSA) is 195 Å². The summed E-state index contributed by atoms with van der Waals surface area (Å²) >= 11 is 0. The Morgan fingerprint density at radius 1 is 0.862 bits per heavy atom. The van der Waals surface area contributed by atoms with Crippen molar-refractivity contribution in [3.63, 3.8) is 0 Å². The summed E-state index contributed by atoms with van der Waals surface area (Å²) in [4.78, 5) is 71.7. The molecular formula is C51H79NO13. The van der Waals surface area contributed by atoms with Gasteiger partial charge in [-0.05, 0) is 107 Å². The van der Waals surface area contributed by atoms with E-state index in [4.69, 9.17) is 23.7 Å². The molecule has 3 heterocycles. The second-order valence-electron chi connectivity index (χ2n) is 19.6. The molecule has 4 rings (SSSR count). The smallest absolute Gasteiger partial charge is 0.329 e. The van der Waals surface area contributed by atoms with Gasteiger partial charge in [-0.15, -0.1) is 0 Å². The fourth-order valence-corrected chi connectivity index (χ4v) is 10.1. The number of nitrogens with zero attached hydrogens (tertiary/aromatic N) is 1. The summed E-state index contributed by atoms with van der Waals surface area (Å²) in [6, 6.07) is -1.14. The highest BCUT2D eigenvalue weighted by Crippen LogP contribution is 2.38. The minimum atomic E-state index is -2.43. The maximum atomic E-state index is 14.4. The number of carbonyl (C=O) groups excluding carboxylic acids is 5. The van der Waals surface area contributed by atoms with Crippen molar-refractivity contribution in [3.05, 3.63) is 47.6 Å². The standard InChI is InChI=1S/C51H79NO13/c1-30-16-12-11-13-17-31(2)42(61-8)28-38-21-19-36(7)51(60,65-38)48(57)49(58)52-23-15-14-18-39(52)50(59)64-43(33(4)26-37-20-22-40(53)44(27-37)62-9)29-41(54)32(3)25-35(6)46(56)47(63-10)45(55)34(5)24-30/h11-13,16-17,25,30,33-40,42-44,46-47,53,56,60H,14-15,18-24,26-29H2,1-10H3/b13-11?,16-12?,31-17?,32-25+/t30-,33-,34-,35?,36-,37+,38+,39+,40?,42+,43?,44-,46-,47+,51-/m1/s1. The molecule has 0 aromatic rings. The predicted molar refractivity (Wildman–Crippen MR) is 245 cm³/mol. The largest absolute Gasteiger partial charge is 0.460 e. The molecule has 65 heavy (non-hydrogen) atoms. The van der Waals surface area contributed by atoms with Crippen molar-refractivity contribution in [1.82, 2.24) is 4.90 Å². The van der Waals surface area contributed by atoms with Gasteiger partial charge in [-0.3, -0.25) is 19.2 Å². The number of allylic oxidation sites excluding steroid dienone is 6. The van der Waals surface area contributed by atoms with Crippen molar-refractivity contribution < 1.29 is 63.0 Å². The lowest BCUT2D eigenvalue weighted by Crippen LogP contribution is -2.61. The molecule has 1 saturated carbocycles. The molecule has 14 nitrogen and oxygen atoms in total. The highest BCUT2D eigenvalue weighted by Gasteiger charge is 2.53. The lowest BCUT2D eigenvalue weighted by molar-refractivity contribution is -0.265. The molecule has 14 heteroatoms. The van der Waals surface area contributed by atoms with Crippen molar-refractivity contribution in [2.45, 2.75) is 180 Å². The third kappa shape index (κ3) is 14.3. The van der Waals surface area contributed by atoms with Gasteiger partial charge in [0, 0.05) is 58.5 Å². The first-order valence-corrected chi connectivity index (χ1v) is 23.9. The predicted octanol–water partition coefficient (Wildman–Crippen LogP) is 6.18. The monoisotopic (exact) mass is 914 g/mol. The molecule has 0 spiro atoms. The van der Waals surface area contributed by atoms with Crippen LogP contribution in [0.1, 0.15) is 126 Å². The van der Waals surface area contributed by atoms with E-state index in [9.17, 15) is 39.3 Å². The molecule has 3 unspecified atom stereocenters. The number of rotatable bonds is 6. The summed E-state index contributed by atoms with van der Waals surface area (Å²) in [7, 11) is 4.53. The van der Waals surface area contributed by atoms with E-state index >= 15 is 0 Å². The Balaban J connectivity index is 1.70. The molecular weight excluding hydrogens is 835 g/mol. The Kier molecular flexibility index (Phi) is 21.0. The van der Waals surface area contributed by atoms with Gasteiger partial charge in [0.1, 0.15) is 18.2 Å². The maximum absolute atomic E-state index is 14.4. The lowest BCUT2D eigenvalue weighted by Gasteiger charge is -2.42. The Morgan fingerprint density at radius 3 is 2.26 bits per heavy atom. The molecule has 4 aliphatic rings. The van der Waals surface area contributed by atoms with Crippen LogP contribution in [-0.4, -0.2) is 132 Å². The number of carbonyl (C=O) groups is 5. The van der Waals surface area contributed by atoms with Crippen LogP contribution in [0, 0.1) is 35.5 Å². The number of hydrogen-bond donors (Lipinski definition) is 3. The Hall–Kier alpha value is -3.37. The maximum Gasteiger partial charge on any atom is 0.329 e. The van der Waals surface area contributed by atoms with Crippen LogP contribution in [0.3, 0.4) is 0 Å². The molecule has 2 saturated heterocycles. The zero-order valence-electron chi connectivity index (χ0n) is 40.6. The van der Waals surface area contributed by atoms with Crippen LogP contribution in [0.5, 0.6) is 0 Å². The molecule has 0 radical (unpaired) electrons. The number of ether oxygens (including phenoxy) is 5. The van der Waals surface area contributed by atoms with Gasteiger partial charge in [0.25, 0.3) is 11.7 Å². The molecule has 0 aromatic heterocycles. The number of esters is 1. The van der Waals surface area contributed by atoms with E-state index in [0.29, 0.717) is 63.4 Å². The van der Waals surface area contributed by atoms with Gasteiger partial charge in [0.15, 0.2) is 11.6 Å². The molecule has 0 aromatic carbocycles. The van der Waals surface area contributed by atoms with E-state index < -0.39 is 83.9 Å². The van der Waals surface area contributed by atoms with Crippen LogP contribution in [0.15, 0.2) is 47.6 Å². The summed E-state index contributed by atoms with van der Waals surface area (Å²) in [5.41, 5.74) is 1.19. The van der Waals surface area contributed by atoms with Crippen LogP contribution in [-0.2, 0) is 47.7 Å². The zero-order chi connectivity index (χ0) is 48.2. The van der Waals surface area contributed by atoms with Gasteiger partial charge in [-0.2, -0.15) is 0 Å². The van der Waals surface area contributed by atoms with Gasteiger partial charge in [-0.25, -0.2) is 4.79 Å². The number of hydrogen-bond acceptors (Lipinski definition) is 13. The van der Waals surface area contributed by atoms with E-state index in [1.165, 1.54) is 12.0 Å². The molecule has 15 atom stereocenters. The number of aliphatic hydroxyl groups excluding tert-OH is 2. The molecule has 1 aliphatic carbocycles. The first kappa shape index (κ1) is 54.2. The number of methoxy groups -OCH3 is 3. The molecule has 3 aliphatic heterocycles. The molecule has 366 valence electrons. The minimum absolute atomic E-state index is 0.0220. The zero-order valence-corrected chi connectivity index (χ0v) is 40.6. The molecule has 3 N–H and O–H groups in total. The number of ketones is 3. The summed E-state index contributed by atoms with van der Waals surface area (Å²) in [6.07, 6.45) is 11.2. The Bertz CT molecular complexity index is 1760. The fraction of sp³-hybridized carbons (Fsp3) is 0.745. The van der Waals surface area contributed by atoms with Gasteiger partial charge >= 0.3 is 5.97 Å². The average Bonchev–Trinajstić information content (AvgIpc) is 3.28. The third-order valence-electron chi connectivity index (χ3n) is 14.5. The van der Waals surface area contributed by atoms with E-state index in [1.54, 1.807) is 41.1 Å². The van der Waals surface area contributed by atoms with E-state index in [1.807, 2.05) is 58.1 Å². The van der Waals surface area contributed by atoms with Crippen LogP contribution in [0.25, 0.3) is 0 Å². The summed E-state index contributed by atoms with van der Waals surface area (Å²) in [5.74, 6) is -7.93. The first-order valence-electron chi connectivity index (χ1n) is 23.9. The first-order chi connectivity index (χ1) is 30.7. The number of cyclic esters (lactones) is 1. The third-order valence-corrected chi connectivity index (χ3v) is 14.5. The van der Waals surface area contributed by atoms with Gasteiger partial charge in [0.05, 0.1) is 30.5 Å². The molecule has 2 bridgehead atoms. The highest BCUT2D eigenvalue weighted by molar-refractivity contribution is 6.39. The Labute approximate surface area is 387 Å². The number of aliphatic hydroxyl groups is 3. The van der Waals surface area contributed by atoms with Gasteiger partial charge in [-0.1, -0.05) is 71.1 Å². The van der Waals surface area contributed by atoms with Crippen molar-refractivity contribution >= 4 is 29.2 Å². The lowest BCUT2D eigenvalue weighted by atomic mass is 9.78. The number of amides is 1. The van der Waals surface area contributed by atoms with E-state index in [2.05, 4.69) is 0 Å². The number of fused-ring (bicyclic) bond motifs is 3. The van der Waals surface area contributed by atoms with Crippen LogP contribution >= 0.6 is 0 Å². The quantitative estimate of drug-likeness (QED) is 0.202. The number of piperidine rings is 1. The summed E-state index contributed by atoms with van der Waals surface area (Å²) in [5, 5.41) is 33.9. The molecule has 1 amide bonds. The van der Waals surface area contributed by atoms with Gasteiger partial charge < -0.3 is 43.9 Å². The second-order valence-corrected chi connectivity index (χ2v) is 19.6. The van der Waals surface area contributed by atoms with Crippen LogP contribution < -0.4 is 0 Å². The second kappa shape index (κ2) is 25.1. The summed E-state index contributed by atoms with van der Waals surface area (Å²) in [6.45, 7) is 12.7. The normalized spacial score (nSPS) is 38.6. The fourth-order valence-electron chi connectivity index (χ4n) is 10.1. The SMILES string of the molecule is CO[C@H]1C[C@@H]2CC[C@@H](C)[C@@](O)(O2)C(=O)C(=O)N2CCCC[C@H]2C(=O)OC([C@H](C)C[C@@H]2CCC(O)[C@H](OC)C2)CC(=O)/C(C)=C/C(C)[C@@H](O)[C@@H](OC)C(=O)[C@H](C)C[C@H](C)C=CC=CC=C1C. The van der Waals surface area contributed by atoms with Crippen molar-refractivity contribution in [2.75, 3.05) is 27.9 Å². The molecule has 3 fully saturated rings. The van der Waals surface area contributed by atoms with Gasteiger partial charge in [0.2, 0.25) is 5.79 Å². The van der Waals surface area contributed by atoms with Crippen LogP contribution in [0.2, 0.25) is 0 Å². The highest BCUT2D eigenvalue weighted by atomic mass is 16.6. The van der Waals surface area contributed by atoms with E-state index in [0.717, 1.165) is 12.0 Å². The minimum Gasteiger partial charge on any atom is -0.460 e. The summed E-state index contributed by atoms with van der Waals surface area (Å²) < 4.78 is 29.4. The Morgan fingerprint density at radius 2 is 1.58 bits per heavy atom. The average molecular weight is 914 g/mol. The van der Waals surface area contributed by atoms with E-state index in [-0.39, 0.29) is 54.8 Å². The van der Waals surface area contributed by atoms with Crippen molar-refractivity contribution in [3.8, 4) is 0 Å². The van der Waals surface area contributed by atoms with Crippen molar-refractivity contribution in [1.29, 1.82) is 0 Å². The van der Waals surface area contributed by atoms with Crippen molar-refractivity contribution in [2.24, 2.45) is 35.5 Å².